The Morgan fingerprint density at radius 3 is 2.00 bits per heavy atom. The summed E-state index contributed by atoms with van der Waals surface area (Å²) in [5.41, 5.74) is 0. The molecule has 0 bridgehead atoms. The second-order valence-electron chi connectivity index (χ2n) is 3.75. The first-order valence-corrected chi connectivity index (χ1v) is 5.72. The van der Waals surface area contributed by atoms with Crippen LogP contribution in [0.5, 0.6) is 0 Å². The zero-order chi connectivity index (χ0) is 14.8. The predicted octanol–water partition coefficient (Wildman–Crippen LogP) is 0.364. The maximum atomic E-state index is 11.4. The minimum Gasteiger partial charge on any atom is -0.479 e. The van der Waals surface area contributed by atoms with Gasteiger partial charge in [0.2, 0.25) is 0 Å². The standard InChI is InChI=1S/C8H9Cl3O8/c1-2(12)8(15)6(19-11)4(18-10)3(17-9)5(16-8)7(13)14/h3-6,15H,1H3,(H,13,14)/t3-,4-,5-,6+,8?/m0/s1. The maximum absolute atomic E-state index is 11.4. The third-order valence-corrected chi connectivity index (χ3v) is 3.27. The molecule has 1 heterocycles. The molecule has 1 aliphatic heterocycles. The molecule has 8 nitrogen and oxygen atoms in total. The quantitative estimate of drug-likeness (QED) is 0.738. The van der Waals surface area contributed by atoms with Gasteiger partial charge in [-0.05, 0) is 0 Å². The number of carbonyl (C=O) groups excluding carboxylic acids is 1. The summed E-state index contributed by atoms with van der Waals surface area (Å²) in [6.45, 7) is 0.939. The normalized spacial score (nSPS) is 39.0. The lowest BCUT2D eigenvalue weighted by molar-refractivity contribution is -0.310. The van der Waals surface area contributed by atoms with Crippen LogP contribution in [-0.4, -0.2) is 52.2 Å². The van der Waals surface area contributed by atoms with Crippen molar-refractivity contribution in [1.29, 1.82) is 0 Å². The number of Topliss-reactive ketones (excluding diaryl/α,β-unsaturated/α-hetero) is 1. The van der Waals surface area contributed by atoms with E-state index in [0.29, 0.717) is 0 Å². The van der Waals surface area contributed by atoms with Crippen LogP contribution in [0.1, 0.15) is 6.92 Å². The van der Waals surface area contributed by atoms with E-state index in [1.807, 2.05) is 0 Å². The fraction of sp³-hybridized carbons (Fsp3) is 0.750. The number of aliphatic hydroxyl groups is 1. The van der Waals surface area contributed by atoms with Crippen LogP contribution in [0.25, 0.3) is 0 Å². The fourth-order valence-electron chi connectivity index (χ4n) is 1.68. The average Bonchev–Trinajstić information content (AvgIpc) is 2.36. The van der Waals surface area contributed by atoms with Crippen LogP contribution in [0.4, 0.5) is 0 Å². The Bertz CT molecular complexity index is 366. The van der Waals surface area contributed by atoms with E-state index in [4.69, 9.17) is 45.4 Å². The number of rotatable bonds is 5. The van der Waals surface area contributed by atoms with Gasteiger partial charge in [-0.15, -0.1) is 0 Å². The first-order chi connectivity index (χ1) is 8.83. The summed E-state index contributed by atoms with van der Waals surface area (Å²) < 4.78 is 17.9. The van der Waals surface area contributed by atoms with Crippen LogP contribution in [0.3, 0.4) is 0 Å². The largest absolute Gasteiger partial charge is 0.479 e. The molecule has 1 rings (SSSR count). The van der Waals surface area contributed by atoms with Crippen molar-refractivity contribution in [3.63, 3.8) is 0 Å². The molecule has 110 valence electrons. The number of ketones is 1. The molecule has 1 saturated heterocycles. The van der Waals surface area contributed by atoms with Gasteiger partial charge in [0.25, 0.3) is 5.79 Å². The third-order valence-electron chi connectivity index (χ3n) is 2.66. The van der Waals surface area contributed by atoms with E-state index in [9.17, 15) is 14.7 Å². The number of carboxylic acid groups (broad SMARTS) is 1. The molecule has 2 N–H and O–H groups in total. The summed E-state index contributed by atoms with van der Waals surface area (Å²) in [6.07, 6.45) is -6.41. The highest BCUT2D eigenvalue weighted by Gasteiger charge is 2.61. The Balaban J connectivity index is 3.24. The molecule has 0 amide bonds. The Morgan fingerprint density at radius 2 is 1.68 bits per heavy atom. The van der Waals surface area contributed by atoms with Gasteiger partial charge in [-0.1, -0.05) is 0 Å². The third kappa shape index (κ3) is 2.96. The van der Waals surface area contributed by atoms with Crippen molar-refractivity contribution >= 4 is 47.4 Å². The molecule has 5 atom stereocenters. The van der Waals surface area contributed by atoms with Crippen molar-refractivity contribution in [2.45, 2.75) is 37.1 Å². The van der Waals surface area contributed by atoms with Crippen LogP contribution >= 0.6 is 35.6 Å². The van der Waals surface area contributed by atoms with Gasteiger partial charge in [-0.2, -0.15) is 0 Å². The molecular formula is C8H9Cl3O8. The summed E-state index contributed by atoms with van der Waals surface area (Å²) >= 11 is 15.5. The van der Waals surface area contributed by atoms with Gasteiger partial charge < -0.3 is 14.9 Å². The van der Waals surface area contributed by atoms with Crippen LogP contribution in [0.2, 0.25) is 0 Å². The zero-order valence-electron chi connectivity index (χ0n) is 9.29. The molecule has 0 aromatic carbocycles. The molecule has 0 aromatic heterocycles. The van der Waals surface area contributed by atoms with E-state index in [2.05, 4.69) is 12.9 Å². The highest BCUT2D eigenvalue weighted by Crippen LogP contribution is 2.36. The van der Waals surface area contributed by atoms with Crippen LogP contribution in [-0.2, 0) is 27.2 Å². The number of hydrogen-bond acceptors (Lipinski definition) is 7. The lowest BCUT2D eigenvalue weighted by Gasteiger charge is -2.44. The Morgan fingerprint density at radius 1 is 1.16 bits per heavy atom. The highest BCUT2D eigenvalue weighted by molar-refractivity contribution is 6.09. The van der Waals surface area contributed by atoms with E-state index in [0.717, 1.165) is 6.92 Å². The van der Waals surface area contributed by atoms with Gasteiger partial charge in [0.1, 0.15) is 12.2 Å². The zero-order valence-corrected chi connectivity index (χ0v) is 11.6. The van der Waals surface area contributed by atoms with Crippen molar-refractivity contribution < 1.29 is 37.4 Å². The van der Waals surface area contributed by atoms with E-state index in [-0.39, 0.29) is 0 Å². The van der Waals surface area contributed by atoms with E-state index in [1.165, 1.54) is 0 Å². The summed E-state index contributed by atoms with van der Waals surface area (Å²) in [5.74, 6) is -5.19. The Hall–Kier alpha value is -0.190. The monoisotopic (exact) mass is 338 g/mol. The fourth-order valence-corrected chi connectivity index (χ4v) is 2.29. The number of ether oxygens (including phenoxy) is 1. The Labute approximate surface area is 122 Å². The summed E-state index contributed by atoms with van der Waals surface area (Å²) in [7, 11) is 0. The molecule has 1 unspecified atom stereocenters. The van der Waals surface area contributed by atoms with E-state index in [1.54, 1.807) is 0 Å². The highest BCUT2D eigenvalue weighted by atomic mass is 35.5. The van der Waals surface area contributed by atoms with Gasteiger partial charge >= 0.3 is 5.97 Å². The van der Waals surface area contributed by atoms with Crippen molar-refractivity contribution in [1.82, 2.24) is 0 Å². The minimum absolute atomic E-state index is 0.939. The molecule has 19 heavy (non-hydrogen) atoms. The molecular weight excluding hydrogens is 330 g/mol. The van der Waals surface area contributed by atoms with E-state index >= 15 is 0 Å². The topological polar surface area (TPSA) is 112 Å². The van der Waals surface area contributed by atoms with Crippen molar-refractivity contribution in [2.75, 3.05) is 0 Å². The molecule has 0 spiro atoms. The SMILES string of the molecule is CC(=O)C1(O)O[C@H](C(=O)O)[C@@H](OCl)[C@H](OCl)[C@H]1OCl. The molecule has 11 heteroatoms. The second-order valence-corrected chi connectivity index (χ2v) is 4.28. The Kier molecular flexibility index (Phi) is 5.78. The van der Waals surface area contributed by atoms with E-state index < -0.39 is 42.0 Å². The van der Waals surface area contributed by atoms with Crippen molar-refractivity contribution in [3.05, 3.63) is 0 Å². The first kappa shape index (κ1) is 16.9. The van der Waals surface area contributed by atoms with Crippen LogP contribution in [0.15, 0.2) is 0 Å². The van der Waals surface area contributed by atoms with Crippen molar-refractivity contribution in [2.24, 2.45) is 0 Å². The van der Waals surface area contributed by atoms with Gasteiger partial charge in [0, 0.05) is 6.92 Å². The molecule has 1 aliphatic rings. The van der Waals surface area contributed by atoms with Crippen LogP contribution < -0.4 is 0 Å². The smallest absolute Gasteiger partial charge is 0.335 e. The number of hydrogen-bond donors (Lipinski definition) is 2. The number of carboxylic acids is 1. The molecule has 0 aliphatic carbocycles. The predicted molar refractivity (Wildman–Crippen MR) is 60.3 cm³/mol. The molecule has 1 fully saturated rings. The number of halogens is 3. The summed E-state index contributed by atoms with van der Waals surface area (Å²) in [5, 5.41) is 19.0. The average molecular weight is 340 g/mol. The maximum Gasteiger partial charge on any atom is 0.335 e. The minimum atomic E-state index is -2.67. The van der Waals surface area contributed by atoms with Gasteiger partial charge in [-0.25, -0.2) is 4.79 Å². The van der Waals surface area contributed by atoms with Gasteiger partial charge in [-0.3, -0.25) is 17.7 Å². The molecule has 0 saturated carbocycles. The van der Waals surface area contributed by atoms with Gasteiger partial charge in [0.05, 0.1) is 35.6 Å². The number of carbonyl (C=O) groups is 2. The van der Waals surface area contributed by atoms with Gasteiger partial charge in [0.15, 0.2) is 18.0 Å². The van der Waals surface area contributed by atoms with Crippen LogP contribution in [0, 0.1) is 0 Å². The lowest BCUT2D eigenvalue weighted by atomic mass is 9.90. The first-order valence-electron chi connectivity index (χ1n) is 4.79. The summed E-state index contributed by atoms with van der Waals surface area (Å²) in [4.78, 5) is 22.5. The van der Waals surface area contributed by atoms with Crippen molar-refractivity contribution in [3.8, 4) is 0 Å². The summed E-state index contributed by atoms with van der Waals surface area (Å²) in [6, 6.07) is 0. The molecule has 0 radical (unpaired) electrons. The second kappa shape index (κ2) is 6.51. The lowest BCUT2D eigenvalue weighted by Crippen LogP contribution is -2.69. The molecule has 0 aromatic rings. The number of aliphatic carboxylic acids is 1.